The van der Waals surface area contributed by atoms with E-state index in [0.717, 1.165) is 0 Å². The zero-order valence-electron chi connectivity index (χ0n) is 13.9. The molecule has 0 saturated carbocycles. The Morgan fingerprint density at radius 2 is 1.60 bits per heavy atom. The maximum atomic E-state index is 11.7. The molecule has 0 spiro atoms. The van der Waals surface area contributed by atoms with Gasteiger partial charge < -0.3 is 14.8 Å². The first kappa shape index (κ1) is 19.1. The van der Waals surface area contributed by atoms with Crippen molar-refractivity contribution in [2.24, 2.45) is 5.92 Å². The Morgan fingerprint density at radius 3 is 1.90 bits per heavy atom. The predicted molar refractivity (Wildman–Crippen MR) is 82.1 cm³/mol. The van der Waals surface area contributed by atoms with Crippen LogP contribution in [0.2, 0.25) is 18.1 Å². The lowest BCUT2D eigenvalue weighted by Gasteiger charge is -2.39. The van der Waals surface area contributed by atoms with Crippen molar-refractivity contribution < 1.29 is 19.1 Å². The van der Waals surface area contributed by atoms with Gasteiger partial charge in [-0.25, -0.2) is 4.79 Å². The van der Waals surface area contributed by atoms with Gasteiger partial charge in [-0.1, -0.05) is 34.6 Å². The number of aliphatic carboxylic acids is 1. The largest absolute Gasteiger partial charge is 0.480 e. The average molecular weight is 303 g/mol. The van der Waals surface area contributed by atoms with Crippen LogP contribution in [0.3, 0.4) is 0 Å². The molecule has 2 atom stereocenters. The number of amides is 1. The SMILES string of the molecule is CC(C)C(=O)N[C@H](C(=O)O)[C@@H](C)O[Si](C)(C)C(C)(C)C. The van der Waals surface area contributed by atoms with Crippen LogP contribution in [0.5, 0.6) is 0 Å². The van der Waals surface area contributed by atoms with Gasteiger partial charge in [0, 0.05) is 5.92 Å². The first-order valence-electron chi connectivity index (χ1n) is 7.00. The standard InChI is InChI=1S/C14H29NO4Si/c1-9(2)12(16)15-11(13(17)18)10(3)19-20(7,8)14(4,5)6/h9-11H,1-8H3,(H,15,16)(H,17,18)/t10-,11+/m1/s1. The second-order valence-electron chi connectivity index (χ2n) is 7.06. The maximum absolute atomic E-state index is 11.7. The molecule has 0 heterocycles. The lowest BCUT2D eigenvalue weighted by Crippen LogP contribution is -2.54. The monoisotopic (exact) mass is 303 g/mol. The summed E-state index contributed by atoms with van der Waals surface area (Å²) in [5.41, 5.74) is 0. The molecule has 6 heteroatoms. The Morgan fingerprint density at radius 1 is 1.15 bits per heavy atom. The number of nitrogens with one attached hydrogen (secondary N) is 1. The van der Waals surface area contributed by atoms with Crippen LogP contribution in [-0.4, -0.2) is 37.4 Å². The van der Waals surface area contributed by atoms with E-state index in [2.05, 4.69) is 39.2 Å². The van der Waals surface area contributed by atoms with Gasteiger partial charge in [-0.05, 0) is 25.1 Å². The molecule has 0 aliphatic carbocycles. The average Bonchev–Trinajstić information content (AvgIpc) is 2.22. The molecule has 1 amide bonds. The van der Waals surface area contributed by atoms with E-state index >= 15 is 0 Å². The molecular formula is C14H29NO4Si. The minimum Gasteiger partial charge on any atom is -0.480 e. The Balaban J connectivity index is 4.96. The van der Waals surface area contributed by atoms with Crippen LogP contribution in [0, 0.1) is 5.92 Å². The summed E-state index contributed by atoms with van der Waals surface area (Å²) in [5.74, 6) is -1.59. The summed E-state index contributed by atoms with van der Waals surface area (Å²) in [7, 11) is -2.07. The number of hydrogen-bond donors (Lipinski definition) is 2. The van der Waals surface area contributed by atoms with Crippen LogP contribution >= 0.6 is 0 Å². The Hall–Kier alpha value is -0.883. The van der Waals surface area contributed by atoms with Crippen molar-refractivity contribution in [1.29, 1.82) is 0 Å². The maximum Gasteiger partial charge on any atom is 0.328 e. The van der Waals surface area contributed by atoms with Crippen LogP contribution < -0.4 is 5.32 Å². The van der Waals surface area contributed by atoms with E-state index < -0.39 is 26.4 Å². The van der Waals surface area contributed by atoms with E-state index in [1.807, 2.05) is 0 Å². The third-order valence-corrected chi connectivity index (χ3v) is 8.42. The molecule has 5 nitrogen and oxygen atoms in total. The predicted octanol–water partition coefficient (Wildman–Crippen LogP) is 2.62. The number of hydrogen-bond acceptors (Lipinski definition) is 3. The van der Waals surface area contributed by atoms with Crippen LogP contribution in [0.15, 0.2) is 0 Å². The molecule has 2 N–H and O–H groups in total. The lowest BCUT2D eigenvalue weighted by atomic mass is 10.1. The Kier molecular flexibility index (Phi) is 6.42. The summed E-state index contributed by atoms with van der Waals surface area (Å²) in [6.45, 7) is 15.6. The molecule has 0 aromatic rings. The summed E-state index contributed by atoms with van der Waals surface area (Å²) in [6.07, 6.45) is -0.559. The molecule has 0 aromatic carbocycles. The molecule has 0 fully saturated rings. The molecule has 0 saturated heterocycles. The number of carboxylic acid groups (broad SMARTS) is 1. The van der Waals surface area contributed by atoms with Crippen LogP contribution in [0.1, 0.15) is 41.5 Å². The van der Waals surface area contributed by atoms with Crippen molar-refractivity contribution in [3.8, 4) is 0 Å². The molecule has 0 rings (SSSR count). The Labute approximate surface area is 123 Å². The van der Waals surface area contributed by atoms with E-state index in [-0.39, 0.29) is 16.9 Å². The molecule has 20 heavy (non-hydrogen) atoms. The highest BCUT2D eigenvalue weighted by molar-refractivity contribution is 6.74. The summed E-state index contributed by atoms with van der Waals surface area (Å²) in [5, 5.41) is 11.8. The fourth-order valence-corrected chi connectivity index (χ4v) is 2.83. The van der Waals surface area contributed by atoms with Crippen molar-refractivity contribution in [2.75, 3.05) is 0 Å². The highest BCUT2D eigenvalue weighted by Gasteiger charge is 2.41. The van der Waals surface area contributed by atoms with Crippen molar-refractivity contribution in [3.05, 3.63) is 0 Å². The summed E-state index contributed by atoms with van der Waals surface area (Å²) < 4.78 is 6.05. The number of carboxylic acids is 1. The van der Waals surface area contributed by atoms with Gasteiger partial charge in [-0.15, -0.1) is 0 Å². The molecule has 0 radical (unpaired) electrons. The fourth-order valence-electron chi connectivity index (χ4n) is 1.41. The van der Waals surface area contributed by atoms with E-state index in [9.17, 15) is 14.7 Å². The zero-order valence-corrected chi connectivity index (χ0v) is 14.9. The van der Waals surface area contributed by atoms with Crippen molar-refractivity contribution in [3.63, 3.8) is 0 Å². The van der Waals surface area contributed by atoms with E-state index in [1.165, 1.54) is 0 Å². The molecule has 118 valence electrons. The van der Waals surface area contributed by atoms with Crippen molar-refractivity contribution in [1.82, 2.24) is 5.32 Å². The smallest absolute Gasteiger partial charge is 0.328 e. The quantitative estimate of drug-likeness (QED) is 0.740. The molecule has 0 bridgehead atoms. The highest BCUT2D eigenvalue weighted by Crippen LogP contribution is 2.37. The highest BCUT2D eigenvalue weighted by atomic mass is 28.4. The third kappa shape index (κ3) is 5.24. The van der Waals surface area contributed by atoms with Gasteiger partial charge in [0.15, 0.2) is 14.4 Å². The molecule has 0 aliphatic rings. The van der Waals surface area contributed by atoms with Crippen LogP contribution in [0.4, 0.5) is 0 Å². The summed E-state index contributed by atoms with van der Waals surface area (Å²) in [4.78, 5) is 23.1. The lowest BCUT2D eigenvalue weighted by molar-refractivity contribution is -0.145. The normalized spacial score (nSPS) is 15.8. The summed E-state index contributed by atoms with van der Waals surface area (Å²) in [6, 6.07) is -1.01. The van der Waals surface area contributed by atoms with Gasteiger partial charge >= 0.3 is 5.97 Å². The third-order valence-electron chi connectivity index (χ3n) is 3.84. The summed E-state index contributed by atoms with van der Waals surface area (Å²) >= 11 is 0. The zero-order chi connectivity index (χ0) is 16.3. The Bertz CT molecular complexity index is 361. The van der Waals surface area contributed by atoms with Crippen molar-refractivity contribution in [2.45, 2.75) is 71.8 Å². The van der Waals surface area contributed by atoms with Gasteiger partial charge in [0.05, 0.1) is 6.10 Å². The van der Waals surface area contributed by atoms with Gasteiger partial charge in [-0.3, -0.25) is 4.79 Å². The number of carbonyl (C=O) groups excluding carboxylic acids is 1. The topological polar surface area (TPSA) is 75.6 Å². The van der Waals surface area contributed by atoms with Gasteiger partial charge in [-0.2, -0.15) is 0 Å². The molecule has 0 aromatic heterocycles. The molecule has 0 aliphatic heterocycles. The van der Waals surface area contributed by atoms with E-state index in [1.54, 1.807) is 20.8 Å². The van der Waals surface area contributed by atoms with E-state index in [4.69, 9.17) is 4.43 Å². The first-order valence-corrected chi connectivity index (χ1v) is 9.91. The van der Waals surface area contributed by atoms with E-state index in [0.29, 0.717) is 0 Å². The van der Waals surface area contributed by atoms with Gasteiger partial charge in [0.2, 0.25) is 5.91 Å². The second-order valence-corrected chi connectivity index (χ2v) is 11.8. The van der Waals surface area contributed by atoms with Gasteiger partial charge in [0.25, 0.3) is 0 Å². The molecule has 0 unspecified atom stereocenters. The van der Waals surface area contributed by atoms with Gasteiger partial charge in [0.1, 0.15) is 0 Å². The molecular weight excluding hydrogens is 274 g/mol. The van der Waals surface area contributed by atoms with Crippen LogP contribution in [-0.2, 0) is 14.0 Å². The number of rotatable bonds is 6. The fraction of sp³-hybridized carbons (Fsp3) is 0.857. The first-order chi connectivity index (χ1) is 8.79. The second kappa shape index (κ2) is 6.71. The van der Waals surface area contributed by atoms with Crippen LogP contribution in [0.25, 0.3) is 0 Å². The number of carbonyl (C=O) groups is 2. The van der Waals surface area contributed by atoms with Crippen molar-refractivity contribution >= 4 is 20.2 Å². The minimum absolute atomic E-state index is 0.00757. The minimum atomic E-state index is -2.07.